The van der Waals surface area contributed by atoms with E-state index < -0.39 is 0 Å². The summed E-state index contributed by atoms with van der Waals surface area (Å²) in [5.41, 5.74) is 1.81. The van der Waals surface area contributed by atoms with Crippen LogP contribution in [0.4, 0.5) is 0 Å². The summed E-state index contributed by atoms with van der Waals surface area (Å²) in [6, 6.07) is 15.3. The number of nitrogens with zero attached hydrogens (tertiary/aromatic N) is 2. The van der Waals surface area contributed by atoms with E-state index in [2.05, 4.69) is 17.4 Å². The molecule has 3 aromatic rings. The van der Waals surface area contributed by atoms with Crippen molar-refractivity contribution >= 4 is 22.5 Å². The van der Waals surface area contributed by atoms with E-state index in [-0.39, 0.29) is 11.6 Å². The van der Waals surface area contributed by atoms with Crippen molar-refractivity contribution in [1.82, 2.24) is 14.9 Å². The van der Waals surface area contributed by atoms with Gasteiger partial charge in [-0.25, -0.2) is 4.98 Å². The lowest BCUT2D eigenvalue weighted by Crippen LogP contribution is -2.30. The van der Waals surface area contributed by atoms with Crippen LogP contribution in [0.25, 0.3) is 10.9 Å². The Labute approximate surface area is 146 Å². The molecule has 0 aliphatic heterocycles. The number of halogens is 1. The van der Waals surface area contributed by atoms with E-state index in [1.54, 1.807) is 22.8 Å². The molecule has 0 aliphatic rings. The number of nitrogens with one attached hydrogen (secondary N) is 1. The first-order valence-corrected chi connectivity index (χ1v) is 8.45. The van der Waals surface area contributed by atoms with E-state index in [0.29, 0.717) is 22.5 Å². The van der Waals surface area contributed by atoms with Crippen LogP contribution in [-0.2, 0) is 13.1 Å². The van der Waals surface area contributed by atoms with Gasteiger partial charge in [-0.2, -0.15) is 0 Å². The van der Waals surface area contributed by atoms with Crippen LogP contribution in [0, 0.1) is 0 Å². The zero-order valence-corrected chi connectivity index (χ0v) is 14.5. The average molecular weight is 342 g/mol. The Bertz CT molecular complexity index is 906. The number of benzene rings is 2. The minimum atomic E-state index is -0.0544. The van der Waals surface area contributed by atoms with Gasteiger partial charge in [0.25, 0.3) is 5.56 Å². The quantitative estimate of drug-likeness (QED) is 0.765. The SMILES string of the molecule is CCn1c([C@@H](C)NCc2ccccc2)nc2cc(Cl)ccc2c1=O. The van der Waals surface area contributed by atoms with Crippen molar-refractivity contribution in [3.8, 4) is 0 Å². The summed E-state index contributed by atoms with van der Waals surface area (Å²) in [4.78, 5) is 17.4. The van der Waals surface area contributed by atoms with E-state index in [4.69, 9.17) is 16.6 Å². The van der Waals surface area contributed by atoms with Gasteiger partial charge in [-0.3, -0.25) is 9.36 Å². The number of fused-ring (bicyclic) bond motifs is 1. The number of hydrogen-bond acceptors (Lipinski definition) is 3. The van der Waals surface area contributed by atoms with Crippen LogP contribution in [0.1, 0.15) is 31.3 Å². The zero-order chi connectivity index (χ0) is 17.1. The molecule has 0 bridgehead atoms. The Morgan fingerprint density at radius 2 is 1.96 bits per heavy atom. The summed E-state index contributed by atoms with van der Waals surface area (Å²) >= 11 is 6.05. The maximum atomic E-state index is 12.7. The van der Waals surface area contributed by atoms with Crippen LogP contribution in [0.15, 0.2) is 53.3 Å². The highest BCUT2D eigenvalue weighted by molar-refractivity contribution is 6.31. The molecule has 1 heterocycles. The lowest BCUT2D eigenvalue weighted by atomic mass is 10.2. The van der Waals surface area contributed by atoms with Crippen molar-refractivity contribution in [2.24, 2.45) is 0 Å². The molecule has 1 atom stereocenters. The molecule has 1 N–H and O–H groups in total. The van der Waals surface area contributed by atoms with Crippen LogP contribution in [-0.4, -0.2) is 9.55 Å². The van der Waals surface area contributed by atoms with Gasteiger partial charge in [0.15, 0.2) is 0 Å². The highest BCUT2D eigenvalue weighted by Gasteiger charge is 2.15. The summed E-state index contributed by atoms with van der Waals surface area (Å²) in [6.45, 7) is 5.28. The first-order valence-electron chi connectivity index (χ1n) is 8.07. The first kappa shape index (κ1) is 16.7. The predicted molar refractivity (Wildman–Crippen MR) is 98.4 cm³/mol. The fourth-order valence-electron chi connectivity index (χ4n) is 2.81. The predicted octanol–water partition coefficient (Wildman–Crippen LogP) is 3.92. The van der Waals surface area contributed by atoms with Crippen molar-refractivity contribution < 1.29 is 0 Å². The van der Waals surface area contributed by atoms with Crippen molar-refractivity contribution in [2.75, 3.05) is 0 Å². The molecule has 0 spiro atoms. The van der Waals surface area contributed by atoms with Gasteiger partial charge in [0, 0.05) is 18.1 Å². The third-order valence-electron chi connectivity index (χ3n) is 4.11. The van der Waals surface area contributed by atoms with Crippen molar-refractivity contribution in [1.29, 1.82) is 0 Å². The van der Waals surface area contributed by atoms with E-state index in [9.17, 15) is 4.79 Å². The Morgan fingerprint density at radius 3 is 2.67 bits per heavy atom. The standard InChI is InChI=1S/C19H20ClN3O/c1-3-23-18(13(2)21-12-14-7-5-4-6-8-14)22-17-11-15(20)9-10-16(17)19(23)24/h4-11,13,21H,3,12H2,1-2H3/t13-/m1/s1. The molecule has 3 rings (SSSR count). The van der Waals surface area contributed by atoms with E-state index in [1.807, 2.05) is 32.0 Å². The second-order valence-corrected chi connectivity index (χ2v) is 6.21. The first-order chi connectivity index (χ1) is 11.6. The maximum absolute atomic E-state index is 12.7. The zero-order valence-electron chi connectivity index (χ0n) is 13.8. The topological polar surface area (TPSA) is 46.9 Å². The minimum Gasteiger partial charge on any atom is -0.303 e. The normalized spacial score (nSPS) is 12.5. The van der Waals surface area contributed by atoms with Gasteiger partial charge in [-0.1, -0.05) is 41.9 Å². The smallest absolute Gasteiger partial charge is 0.261 e. The number of hydrogen-bond donors (Lipinski definition) is 1. The van der Waals surface area contributed by atoms with Crippen molar-refractivity contribution in [3.63, 3.8) is 0 Å². The Morgan fingerprint density at radius 1 is 1.21 bits per heavy atom. The summed E-state index contributed by atoms with van der Waals surface area (Å²) in [5, 5.41) is 4.62. The Hall–Kier alpha value is -2.17. The van der Waals surface area contributed by atoms with Gasteiger partial charge in [0.2, 0.25) is 0 Å². The van der Waals surface area contributed by atoms with Gasteiger partial charge in [0.1, 0.15) is 5.82 Å². The van der Waals surface area contributed by atoms with Gasteiger partial charge in [-0.05, 0) is 37.6 Å². The van der Waals surface area contributed by atoms with E-state index >= 15 is 0 Å². The molecule has 0 fully saturated rings. The average Bonchev–Trinajstić information content (AvgIpc) is 2.60. The van der Waals surface area contributed by atoms with Gasteiger partial charge < -0.3 is 5.32 Å². The number of rotatable bonds is 5. The van der Waals surface area contributed by atoms with Crippen LogP contribution in [0.2, 0.25) is 5.02 Å². The highest BCUT2D eigenvalue weighted by Crippen LogP contribution is 2.18. The lowest BCUT2D eigenvalue weighted by molar-refractivity contribution is 0.504. The van der Waals surface area contributed by atoms with E-state index in [1.165, 1.54) is 5.56 Å². The lowest BCUT2D eigenvalue weighted by Gasteiger charge is -2.19. The van der Waals surface area contributed by atoms with Gasteiger partial charge in [-0.15, -0.1) is 0 Å². The Kier molecular flexibility index (Phi) is 4.97. The molecule has 2 aromatic carbocycles. The molecule has 124 valence electrons. The summed E-state index contributed by atoms with van der Waals surface area (Å²) in [5.74, 6) is 0.730. The molecule has 24 heavy (non-hydrogen) atoms. The molecular weight excluding hydrogens is 322 g/mol. The fraction of sp³-hybridized carbons (Fsp3) is 0.263. The monoisotopic (exact) mass is 341 g/mol. The molecule has 0 aliphatic carbocycles. The summed E-state index contributed by atoms with van der Waals surface area (Å²) in [6.07, 6.45) is 0. The second-order valence-electron chi connectivity index (χ2n) is 5.77. The molecule has 0 amide bonds. The van der Waals surface area contributed by atoms with Gasteiger partial charge in [0.05, 0.1) is 16.9 Å². The second kappa shape index (κ2) is 7.16. The molecule has 4 nitrogen and oxygen atoms in total. The molecular formula is C19H20ClN3O. The van der Waals surface area contributed by atoms with Gasteiger partial charge >= 0.3 is 0 Å². The van der Waals surface area contributed by atoms with E-state index in [0.717, 1.165) is 12.4 Å². The highest BCUT2D eigenvalue weighted by atomic mass is 35.5. The molecule has 0 unspecified atom stereocenters. The van der Waals surface area contributed by atoms with Crippen LogP contribution in [0.5, 0.6) is 0 Å². The van der Waals surface area contributed by atoms with Crippen LogP contribution in [0.3, 0.4) is 0 Å². The number of aromatic nitrogens is 2. The molecule has 5 heteroatoms. The van der Waals surface area contributed by atoms with Crippen LogP contribution >= 0.6 is 11.6 Å². The summed E-state index contributed by atoms with van der Waals surface area (Å²) < 4.78 is 1.72. The third kappa shape index (κ3) is 3.35. The maximum Gasteiger partial charge on any atom is 0.261 e. The third-order valence-corrected chi connectivity index (χ3v) is 4.34. The molecule has 1 aromatic heterocycles. The Balaban J connectivity index is 1.96. The molecule has 0 saturated carbocycles. The summed E-state index contributed by atoms with van der Waals surface area (Å²) in [7, 11) is 0. The largest absolute Gasteiger partial charge is 0.303 e. The van der Waals surface area contributed by atoms with Crippen LogP contribution < -0.4 is 10.9 Å². The molecule has 0 saturated heterocycles. The molecule has 0 radical (unpaired) electrons. The minimum absolute atomic E-state index is 0.0254. The fourth-order valence-corrected chi connectivity index (χ4v) is 2.97. The van der Waals surface area contributed by atoms with Crippen molar-refractivity contribution in [2.45, 2.75) is 33.0 Å². The van der Waals surface area contributed by atoms with Crippen molar-refractivity contribution in [3.05, 3.63) is 75.3 Å².